The van der Waals surface area contributed by atoms with Crippen molar-refractivity contribution in [1.29, 1.82) is 0 Å². The van der Waals surface area contributed by atoms with E-state index in [1.807, 2.05) is 36.4 Å². The molecule has 1 heterocycles. The van der Waals surface area contributed by atoms with Gasteiger partial charge in [-0.1, -0.05) is 48.5 Å². The van der Waals surface area contributed by atoms with Crippen molar-refractivity contribution in [3.8, 4) is 16.9 Å². The predicted molar refractivity (Wildman–Crippen MR) is 68.2 cm³/mol. The lowest BCUT2D eigenvalue weighted by Crippen LogP contribution is -2.45. The minimum absolute atomic E-state index is 0.264. The fraction of sp³-hybridized carbons (Fsp3) is 0.200. The first-order chi connectivity index (χ1) is 8.43. The molecular weight excluding hydrogens is 210 g/mol. The number of hydrogen-bond acceptors (Lipinski definition) is 1. The molecule has 0 saturated carbocycles. The van der Waals surface area contributed by atoms with Crippen LogP contribution in [0.5, 0.6) is 5.75 Å². The van der Waals surface area contributed by atoms with Crippen LogP contribution in [0.1, 0.15) is 0 Å². The maximum Gasteiger partial charge on any atom is 0.127 e. The Morgan fingerprint density at radius 3 is 2.29 bits per heavy atom. The van der Waals surface area contributed by atoms with Crippen molar-refractivity contribution in [2.24, 2.45) is 0 Å². The Bertz CT molecular complexity index is 491. The van der Waals surface area contributed by atoms with E-state index in [0.717, 1.165) is 24.4 Å². The molecule has 1 saturated heterocycles. The Hall–Kier alpha value is -1.80. The number of ether oxygens (including phenoxy) is 1. The van der Waals surface area contributed by atoms with Crippen molar-refractivity contribution in [2.75, 3.05) is 13.1 Å². The maximum absolute atomic E-state index is 5.94. The van der Waals surface area contributed by atoms with Crippen molar-refractivity contribution >= 4 is 0 Å². The summed E-state index contributed by atoms with van der Waals surface area (Å²) in [5.41, 5.74) is 2.35. The Morgan fingerprint density at radius 1 is 0.882 bits per heavy atom. The molecule has 3 rings (SSSR count). The molecule has 0 aliphatic carbocycles. The number of nitrogens with zero attached hydrogens (tertiary/aromatic N) is 1. The Morgan fingerprint density at radius 2 is 1.59 bits per heavy atom. The van der Waals surface area contributed by atoms with E-state index in [0.29, 0.717) is 0 Å². The fourth-order valence-electron chi connectivity index (χ4n) is 1.91. The molecular formula is C15H14NO. The van der Waals surface area contributed by atoms with E-state index < -0.39 is 0 Å². The predicted octanol–water partition coefficient (Wildman–Crippen LogP) is 2.72. The zero-order chi connectivity index (χ0) is 11.5. The van der Waals surface area contributed by atoms with Crippen LogP contribution in [0.4, 0.5) is 0 Å². The molecule has 17 heavy (non-hydrogen) atoms. The molecule has 0 aromatic heterocycles. The van der Waals surface area contributed by atoms with E-state index in [9.17, 15) is 0 Å². The van der Waals surface area contributed by atoms with Crippen LogP contribution in [0, 0.1) is 0 Å². The summed E-state index contributed by atoms with van der Waals surface area (Å²) in [5.74, 6) is 0.957. The van der Waals surface area contributed by atoms with Gasteiger partial charge in [-0.2, -0.15) is 0 Å². The highest BCUT2D eigenvalue weighted by atomic mass is 16.5. The molecule has 1 radical (unpaired) electrons. The van der Waals surface area contributed by atoms with E-state index in [-0.39, 0.29) is 6.10 Å². The second-order valence-electron chi connectivity index (χ2n) is 4.19. The van der Waals surface area contributed by atoms with E-state index in [2.05, 4.69) is 23.5 Å². The van der Waals surface area contributed by atoms with Crippen molar-refractivity contribution in [3.63, 3.8) is 0 Å². The zero-order valence-electron chi connectivity index (χ0n) is 9.54. The van der Waals surface area contributed by atoms with Crippen molar-refractivity contribution in [1.82, 2.24) is 5.32 Å². The SMILES string of the molecule is c1ccc(-c2ccccc2OC2C[N]C2)cc1. The van der Waals surface area contributed by atoms with Gasteiger partial charge in [0, 0.05) is 5.56 Å². The summed E-state index contributed by atoms with van der Waals surface area (Å²) in [6, 6.07) is 18.5. The monoisotopic (exact) mass is 224 g/mol. The Kier molecular flexibility index (Phi) is 2.80. The highest BCUT2D eigenvalue weighted by molar-refractivity contribution is 5.70. The van der Waals surface area contributed by atoms with Gasteiger partial charge in [-0.05, 0) is 11.6 Å². The van der Waals surface area contributed by atoms with Gasteiger partial charge in [0.1, 0.15) is 11.9 Å². The third-order valence-corrected chi connectivity index (χ3v) is 2.93. The first-order valence-corrected chi connectivity index (χ1v) is 5.88. The fourth-order valence-corrected chi connectivity index (χ4v) is 1.91. The highest BCUT2D eigenvalue weighted by Crippen LogP contribution is 2.30. The summed E-state index contributed by atoms with van der Waals surface area (Å²) >= 11 is 0. The molecule has 0 spiro atoms. The van der Waals surface area contributed by atoms with Crippen LogP contribution in [0.15, 0.2) is 54.6 Å². The highest BCUT2D eigenvalue weighted by Gasteiger charge is 2.21. The lowest BCUT2D eigenvalue weighted by atomic mass is 10.0. The van der Waals surface area contributed by atoms with Crippen LogP contribution in [0.2, 0.25) is 0 Å². The van der Waals surface area contributed by atoms with Gasteiger partial charge in [-0.3, -0.25) is 0 Å². The largest absolute Gasteiger partial charge is 0.487 e. The van der Waals surface area contributed by atoms with Crippen LogP contribution in [0.3, 0.4) is 0 Å². The van der Waals surface area contributed by atoms with Crippen LogP contribution in [-0.4, -0.2) is 19.2 Å². The number of para-hydroxylation sites is 1. The van der Waals surface area contributed by atoms with E-state index in [1.165, 1.54) is 5.56 Å². The van der Waals surface area contributed by atoms with Gasteiger partial charge < -0.3 is 4.74 Å². The van der Waals surface area contributed by atoms with Crippen molar-refractivity contribution < 1.29 is 4.74 Å². The molecule has 0 bridgehead atoms. The second-order valence-corrected chi connectivity index (χ2v) is 4.19. The smallest absolute Gasteiger partial charge is 0.127 e. The topological polar surface area (TPSA) is 23.3 Å². The molecule has 2 heteroatoms. The molecule has 2 nitrogen and oxygen atoms in total. The zero-order valence-corrected chi connectivity index (χ0v) is 9.54. The molecule has 0 unspecified atom stereocenters. The van der Waals surface area contributed by atoms with Crippen LogP contribution in [0.25, 0.3) is 11.1 Å². The molecule has 2 aromatic rings. The lowest BCUT2D eigenvalue weighted by Gasteiger charge is -2.27. The first kappa shape index (κ1) is 10.4. The van der Waals surface area contributed by atoms with Gasteiger partial charge in [0.25, 0.3) is 0 Å². The van der Waals surface area contributed by atoms with Gasteiger partial charge in [0.2, 0.25) is 0 Å². The molecule has 0 N–H and O–H groups in total. The summed E-state index contributed by atoms with van der Waals surface area (Å²) in [6.45, 7) is 1.65. The molecule has 0 atom stereocenters. The minimum Gasteiger partial charge on any atom is -0.487 e. The van der Waals surface area contributed by atoms with Gasteiger partial charge >= 0.3 is 0 Å². The number of hydrogen-bond donors (Lipinski definition) is 0. The Balaban J connectivity index is 1.92. The third-order valence-electron chi connectivity index (χ3n) is 2.93. The third kappa shape index (κ3) is 2.17. The number of rotatable bonds is 3. The Labute approximate surface area is 101 Å². The quantitative estimate of drug-likeness (QED) is 0.786. The van der Waals surface area contributed by atoms with E-state index in [4.69, 9.17) is 4.74 Å². The average Bonchev–Trinajstić information content (AvgIpc) is 2.35. The summed E-state index contributed by atoms with van der Waals surface area (Å²) in [7, 11) is 0. The summed E-state index contributed by atoms with van der Waals surface area (Å²) < 4.78 is 5.94. The lowest BCUT2D eigenvalue weighted by molar-refractivity contribution is 0.139. The second kappa shape index (κ2) is 4.60. The van der Waals surface area contributed by atoms with Crippen LogP contribution in [-0.2, 0) is 0 Å². The molecule has 1 aliphatic rings. The van der Waals surface area contributed by atoms with Gasteiger partial charge in [-0.25, -0.2) is 5.32 Å². The number of benzene rings is 2. The van der Waals surface area contributed by atoms with Gasteiger partial charge in [0.05, 0.1) is 13.1 Å². The normalized spacial score (nSPS) is 15.3. The molecule has 85 valence electrons. The molecule has 0 amide bonds. The van der Waals surface area contributed by atoms with Gasteiger partial charge in [0.15, 0.2) is 0 Å². The molecule has 1 aliphatic heterocycles. The van der Waals surface area contributed by atoms with Crippen molar-refractivity contribution in [2.45, 2.75) is 6.10 Å². The van der Waals surface area contributed by atoms with Gasteiger partial charge in [-0.15, -0.1) is 0 Å². The molecule has 2 aromatic carbocycles. The van der Waals surface area contributed by atoms with Crippen molar-refractivity contribution in [3.05, 3.63) is 54.6 Å². The standard InChI is InChI=1S/C15H14NO/c1-2-6-12(7-3-1)14-8-4-5-9-15(14)17-13-10-16-11-13/h1-9,13H,10-11H2. The van der Waals surface area contributed by atoms with E-state index in [1.54, 1.807) is 0 Å². The van der Waals surface area contributed by atoms with Crippen LogP contribution >= 0.6 is 0 Å². The van der Waals surface area contributed by atoms with E-state index >= 15 is 0 Å². The summed E-state index contributed by atoms with van der Waals surface area (Å²) in [6.07, 6.45) is 0.264. The maximum atomic E-state index is 5.94. The minimum atomic E-state index is 0.264. The first-order valence-electron chi connectivity index (χ1n) is 5.88. The summed E-state index contributed by atoms with van der Waals surface area (Å²) in [5, 5.41) is 4.17. The average molecular weight is 224 g/mol. The summed E-state index contributed by atoms with van der Waals surface area (Å²) in [4.78, 5) is 0. The molecule has 1 fully saturated rings. The van der Waals surface area contributed by atoms with Crippen LogP contribution < -0.4 is 10.1 Å².